The number of H-pyrrole nitrogens is 1. The largest absolute Gasteiger partial charge is 0.398 e. The lowest BCUT2D eigenvalue weighted by molar-refractivity contribution is 0.0845. The van der Waals surface area contributed by atoms with Gasteiger partial charge in [0.25, 0.3) is 21.9 Å². The molecule has 0 unspecified atom stereocenters. The van der Waals surface area contributed by atoms with Crippen molar-refractivity contribution in [1.29, 1.82) is 0 Å². The number of hydrazine groups is 1. The number of carbonyl (C=O) groups is 2. The minimum absolute atomic E-state index is 0.0259. The minimum atomic E-state index is -4.02. The summed E-state index contributed by atoms with van der Waals surface area (Å²) >= 11 is 5.89. The summed E-state index contributed by atoms with van der Waals surface area (Å²) in [5, 5.41) is 1.32. The summed E-state index contributed by atoms with van der Waals surface area (Å²) in [4.78, 5) is 26.9. The van der Waals surface area contributed by atoms with Crippen LogP contribution in [0.3, 0.4) is 0 Å². The van der Waals surface area contributed by atoms with Crippen molar-refractivity contribution in [1.82, 2.24) is 15.8 Å². The van der Waals surface area contributed by atoms with Crippen LogP contribution in [0, 0.1) is 12.7 Å². The molecule has 0 radical (unpaired) electrons. The number of hydrogen-bond donors (Lipinski definition) is 5. The number of nitrogens with two attached hydrogens (primary N) is 1. The maximum atomic E-state index is 13.0. The maximum Gasteiger partial charge on any atom is 0.294 e. The highest BCUT2D eigenvalue weighted by Gasteiger charge is 2.14. The number of hydrogen-bond acceptors (Lipinski definition) is 5. The van der Waals surface area contributed by atoms with Gasteiger partial charge in [0.1, 0.15) is 11.5 Å². The van der Waals surface area contributed by atoms with E-state index in [1.807, 2.05) is 6.92 Å². The highest BCUT2D eigenvalue weighted by atomic mass is 35.5. The summed E-state index contributed by atoms with van der Waals surface area (Å²) in [5.74, 6) is -1.75. The number of benzene rings is 3. The van der Waals surface area contributed by atoms with Gasteiger partial charge in [-0.05, 0) is 61.5 Å². The van der Waals surface area contributed by atoms with Crippen LogP contribution in [-0.4, -0.2) is 29.8 Å². The number of rotatable bonds is 3. The van der Waals surface area contributed by atoms with Gasteiger partial charge in [-0.1, -0.05) is 29.3 Å². The van der Waals surface area contributed by atoms with Gasteiger partial charge >= 0.3 is 0 Å². The number of nitrogens with one attached hydrogen (secondary N) is 3. The Hall–Kier alpha value is -3.93. The molecule has 0 aliphatic rings. The minimum Gasteiger partial charge on any atom is -0.398 e. The van der Waals surface area contributed by atoms with E-state index in [-0.39, 0.29) is 21.8 Å². The molecule has 4 aromatic rings. The second-order valence-corrected chi connectivity index (χ2v) is 9.20. The molecule has 0 fully saturated rings. The Kier molecular flexibility index (Phi) is 7.75. The SMILES string of the molecule is Cc1ccc(S(=O)(=O)O)cc1.Nc1cc(F)ccc1C(=O)NNC(=O)c1cc2cc(Cl)ccc2[nH]1. The number of nitrogen functional groups attached to an aromatic ring is 1. The highest BCUT2D eigenvalue weighted by molar-refractivity contribution is 7.85. The number of amides is 2. The third-order valence-electron chi connectivity index (χ3n) is 4.69. The molecule has 182 valence electrons. The quantitative estimate of drug-likeness (QED) is 0.158. The van der Waals surface area contributed by atoms with E-state index in [0.717, 1.165) is 28.6 Å². The fraction of sp³-hybridized carbons (Fsp3) is 0.0435. The van der Waals surface area contributed by atoms with E-state index in [4.69, 9.17) is 21.9 Å². The molecule has 0 saturated carbocycles. The Morgan fingerprint density at radius 1 is 0.971 bits per heavy atom. The Morgan fingerprint density at radius 3 is 2.26 bits per heavy atom. The van der Waals surface area contributed by atoms with Gasteiger partial charge in [0, 0.05) is 21.6 Å². The van der Waals surface area contributed by atoms with E-state index in [0.29, 0.717) is 5.02 Å². The van der Waals surface area contributed by atoms with E-state index >= 15 is 0 Å². The van der Waals surface area contributed by atoms with Crippen LogP contribution in [0.25, 0.3) is 10.9 Å². The topological polar surface area (TPSA) is 154 Å². The molecule has 0 aliphatic carbocycles. The van der Waals surface area contributed by atoms with Crippen LogP contribution >= 0.6 is 11.6 Å². The fourth-order valence-corrected chi connectivity index (χ4v) is 3.59. The molecule has 0 saturated heterocycles. The molecule has 1 aromatic heterocycles. The molecule has 1 heterocycles. The van der Waals surface area contributed by atoms with Crippen LogP contribution < -0.4 is 16.6 Å². The van der Waals surface area contributed by atoms with Crippen LogP contribution in [0.1, 0.15) is 26.4 Å². The van der Waals surface area contributed by atoms with Gasteiger partial charge < -0.3 is 10.7 Å². The smallest absolute Gasteiger partial charge is 0.294 e. The normalized spacial score (nSPS) is 10.9. The van der Waals surface area contributed by atoms with E-state index in [1.54, 1.807) is 36.4 Å². The van der Waals surface area contributed by atoms with Crippen molar-refractivity contribution in [3.63, 3.8) is 0 Å². The molecule has 35 heavy (non-hydrogen) atoms. The molecule has 0 atom stereocenters. The third kappa shape index (κ3) is 6.79. The summed E-state index contributed by atoms with van der Waals surface area (Å²) in [6, 6.07) is 16.1. The number of anilines is 1. The molecule has 2 amide bonds. The molecule has 4 rings (SSSR count). The lowest BCUT2D eigenvalue weighted by Gasteiger charge is -2.08. The summed E-state index contributed by atoms with van der Waals surface area (Å²) < 4.78 is 42.5. The summed E-state index contributed by atoms with van der Waals surface area (Å²) in [6.45, 7) is 1.84. The van der Waals surface area contributed by atoms with Crippen molar-refractivity contribution in [2.45, 2.75) is 11.8 Å². The summed E-state index contributed by atoms with van der Waals surface area (Å²) in [6.07, 6.45) is 0. The van der Waals surface area contributed by atoms with Gasteiger partial charge in [0.15, 0.2) is 0 Å². The highest BCUT2D eigenvalue weighted by Crippen LogP contribution is 2.20. The maximum absolute atomic E-state index is 13.0. The van der Waals surface area contributed by atoms with Crippen LogP contribution in [0.15, 0.2) is 71.6 Å². The zero-order valence-electron chi connectivity index (χ0n) is 18.2. The second kappa shape index (κ2) is 10.6. The number of fused-ring (bicyclic) bond motifs is 1. The molecule has 12 heteroatoms. The van der Waals surface area contributed by atoms with E-state index in [1.165, 1.54) is 18.2 Å². The fourth-order valence-electron chi connectivity index (χ4n) is 2.92. The van der Waals surface area contributed by atoms with Gasteiger partial charge in [-0.3, -0.25) is 25.0 Å². The van der Waals surface area contributed by atoms with E-state index in [2.05, 4.69) is 15.8 Å². The Morgan fingerprint density at radius 2 is 1.63 bits per heavy atom. The monoisotopic (exact) mass is 518 g/mol. The molecule has 0 aliphatic heterocycles. The van der Waals surface area contributed by atoms with E-state index in [9.17, 15) is 22.4 Å². The van der Waals surface area contributed by atoms with Crippen LogP contribution in [0.4, 0.5) is 10.1 Å². The Labute approximate surface area is 204 Å². The second-order valence-electron chi connectivity index (χ2n) is 7.34. The van der Waals surface area contributed by atoms with Crippen molar-refractivity contribution in [2.75, 3.05) is 5.73 Å². The van der Waals surface area contributed by atoms with Crippen molar-refractivity contribution in [2.24, 2.45) is 0 Å². The zero-order valence-corrected chi connectivity index (χ0v) is 19.7. The molecule has 0 spiro atoms. The lowest BCUT2D eigenvalue weighted by atomic mass is 10.1. The molecular weight excluding hydrogens is 499 g/mol. The van der Waals surface area contributed by atoms with Gasteiger partial charge in [-0.25, -0.2) is 4.39 Å². The Balaban J connectivity index is 0.000000261. The molecule has 6 N–H and O–H groups in total. The number of carbonyl (C=O) groups excluding carboxylic acids is 2. The van der Waals surface area contributed by atoms with Crippen LogP contribution in [0.5, 0.6) is 0 Å². The Bertz CT molecular complexity index is 1500. The van der Waals surface area contributed by atoms with Crippen LogP contribution in [0.2, 0.25) is 5.02 Å². The third-order valence-corrected chi connectivity index (χ3v) is 5.80. The summed E-state index contributed by atoms with van der Waals surface area (Å²) in [7, 11) is -4.02. The average Bonchev–Trinajstić information content (AvgIpc) is 3.21. The van der Waals surface area contributed by atoms with E-state index < -0.39 is 27.7 Å². The molecule has 9 nitrogen and oxygen atoms in total. The first-order valence-electron chi connectivity index (χ1n) is 9.92. The lowest BCUT2D eigenvalue weighted by Crippen LogP contribution is -2.42. The first-order valence-corrected chi connectivity index (χ1v) is 11.7. The molecule has 3 aromatic carbocycles. The standard InChI is InChI=1S/C16H12ClFN4O2.C7H8O3S/c17-9-1-4-13-8(5-9)6-14(20-13)16(24)22-21-15(23)11-3-2-10(18)7-12(11)19;1-6-2-4-7(5-3-6)11(8,9)10/h1-7,20H,19H2,(H,21,23)(H,22,24);2-5H,1H3,(H,8,9,10). The predicted molar refractivity (Wildman–Crippen MR) is 130 cm³/mol. The van der Waals surface area contributed by atoms with Crippen LogP contribution in [-0.2, 0) is 10.1 Å². The van der Waals surface area contributed by atoms with Crippen molar-refractivity contribution in [3.05, 3.63) is 94.4 Å². The summed E-state index contributed by atoms with van der Waals surface area (Å²) in [5.41, 5.74) is 12.0. The first-order chi connectivity index (χ1) is 16.4. The number of halogens is 2. The van der Waals surface area contributed by atoms with Crippen molar-refractivity contribution in [3.8, 4) is 0 Å². The average molecular weight is 519 g/mol. The first kappa shape index (κ1) is 25.7. The van der Waals surface area contributed by atoms with Gasteiger partial charge in [-0.15, -0.1) is 0 Å². The van der Waals surface area contributed by atoms with Crippen molar-refractivity contribution >= 4 is 50.1 Å². The zero-order chi connectivity index (χ0) is 25.8. The van der Waals surface area contributed by atoms with Crippen molar-refractivity contribution < 1.29 is 27.0 Å². The van der Waals surface area contributed by atoms with Gasteiger partial charge in [0.05, 0.1) is 10.5 Å². The van der Waals surface area contributed by atoms with Gasteiger partial charge in [-0.2, -0.15) is 8.42 Å². The number of aromatic amines is 1. The molecular formula is C23H20ClFN4O5S. The number of aryl methyl sites for hydroxylation is 1. The predicted octanol–water partition coefficient (Wildman–Crippen LogP) is 3.86. The molecule has 0 bridgehead atoms. The number of aromatic nitrogens is 1. The van der Waals surface area contributed by atoms with Gasteiger partial charge in [0.2, 0.25) is 0 Å².